The Morgan fingerprint density at radius 1 is 0.427 bits per heavy atom. The lowest BCUT2D eigenvalue weighted by Gasteiger charge is -2.32. The summed E-state index contributed by atoms with van der Waals surface area (Å²) in [6.45, 7) is 11.8. The molecule has 25 nitrogen and oxygen atoms in total. The second kappa shape index (κ2) is 31.7. The fourth-order valence-electron chi connectivity index (χ4n) is 13.1. The fourth-order valence-corrected chi connectivity index (χ4v) is 13.1. The van der Waals surface area contributed by atoms with Gasteiger partial charge in [-0.25, -0.2) is 43.9 Å². The van der Waals surface area contributed by atoms with Gasteiger partial charge in [-0.15, -0.1) is 0 Å². The summed E-state index contributed by atoms with van der Waals surface area (Å²) in [7, 11) is 3.95. The van der Waals surface area contributed by atoms with Gasteiger partial charge in [0.05, 0.1) is 34.3 Å². The van der Waals surface area contributed by atoms with Crippen molar-refractivity contribution in [2.24, 2.45) is 0 Å². The summed E-state index contributed by atoms with van der Waals surface area (Å²) in [5, 5.41) is 16.9. The number of carbonyl (C=O) groups excluding carboxylic acids is 3. The molecule has 3 aliphatic rings. The molecule has 0 radical (unpaired) electrons. The van der Waals surface area contributed by atoms with Crippen LogP contribution in [0.4, 0.5) is 17.5 Å². The van der Waals surface area contributed by atoms with Crippen LogP contribution in [0.15, 0.2) is 220 Å². The number of hydrogen-bond acceptors (Lipinski definition) is 19. The van der Waals surface area contributed by atoms with E-state index in [1.54, 1.807) is 15.9 Å². The molecular formula is C78H79N19O6. The Balaban J connectivity index is 0.000000138. The molecule has 15 rings (SSSR count). The van der Waals surface area contributed by atoms with Crippen LogP contribution in [0.5, 0.6) is 34.5 Å². The van der Waals surface area contributed by atoms with Crippen LogP contribution in [-0.2, 0) is 14.4 Å². The number of amides is 3. The Morgan fingerprint density at radius 2 is 0.718 bits per heavy atom. The third-order valence-corrected chi connectivity index (χ3v) is 18.1. The highest BCUT2D eigenvalue weighted by atomic mass is 16.5. The predicted octanol–water partition coefficient (Wildman–Crippen LogP) is 12.6. The second-order valence-corrected chi connectivity index (χ2v) is 25.4. The van der Waals surface area contributed by atoms with Gasteiger partial charge >= 0.3 is 0 Å². The summed E-state index contributed by atoms with van der Waals surface area (Å²) in [6, 6.07) is 52.0. The molecule has 6 N–H and O–H groups in total. The van der Waals surface area contributed by atoms with Gasteiger partial charge in [0.1, 0.15) is 88.0 Å². The van der Waals surface area contributed by atoms with Crippen molar-refractivity contribution in [2.45, 2.75) is 56.7 Å². The zero-order chi connectivity index (χ0) is 71.3. The SMILES string of the molecule is C=CC(=O)N1CCCC(n2nc(-c3ccc(Oc4ccccc4)cc3)c3c(N)ncnc32)C1.C=CC(=O)N1CCCC(n2nc(-c3ccc(Oc4ccccc4)cc3)c3c(N)ncnc32)C1.CN(C)C/C=C/C(=O)N1CCCC(n2nc(-c3ccc(Oc4ccccc4)cc3)c3c(N)ncnc32)C1. The van der Waals surface area contributed by atoms with E-state index in [9.17, 15) is 14.4 Å². The molecule has 0 aliphatic carbocycles. The molecule has 3 amide bonds. The molecule has 3 aliphatic heterocycles. The molecule has 103 heavy (non-hydrogen) atoms. The monoisotopic (exact) mass is 1380 g/mol. The third kappa shape index (κ3) is 15.9. The van der Waals surface area contributed by atoms with Gasteiger partial charge < -0.3 is 51.0 Å². The van der Waals surface area contributed by atoms with Gasteiger partial charge in [-0.05, 0) is 174 Å². The fraction of sp³-hybridized carbons (Fsp3) is 0.231. The zero-order valence-electron chi connectivity index (χ0n) is 57.3. The Morgan fingerprint density at radius 3 is 1.01 bits per heavy atom. The van der Waals surface area contributed by atoms with E-state index in [1.807, 2.05) is 208 Å². The molecule has 0 spiro atoms. The number of rotatable bonds is 17. The quantitative estimate of drug-likeness (QED) is 0.0713. The maximum absolute atomic E-state index is 12.8. The summed E-state index contributed by atoms with van der Waals surface area (Å²) in [6.07, 6.45) is 16.0. The molecule has 3 atom stereocenters. The van der Waals surface area contributed by atoms with Crippen LogP contribution in [0.1, 0.15) is 56.7 Å². The number of nitrogen functional groups attached to an aromatic ring is 3. The van der Waals surface area contributed by atoms with Gasteiger partial charge in [-0.2, -0.15) is 15.3 Å². The van der Waals surface area contributed by atoms with Crippen LogP contribution in [0.2, 0.25) is 0 Å². The number of likely N-dealkylation sites (tertiary alicyclic amines) is 3. The average molecular weight is 1380 g/mol. The molecule has 3 unspecified atom stereocenters. The van der Waals surface area contributed by atoms with E-state index in [1.165, 1.54) is 31.1 Å². The number of hydrogen-bond donors (Lipinski definition) is 3. The van der Waals surface area contributed by atoms with Crippen molar-refractivity contribution in [1.29, 1.82) is 0 Å². The number of nitrogens with zero attached hydrogens (tertiary/aromatic N) is 16. The van der Waals surface area contributed by atoms with Crippen molar-refractivity contribution in [2.75, 3.05) is 77.1 Å². The van der Waals surface area contributed by atoms with Gasteiger partial charge in [0.2, 0.25) is 17.7 Å². The van der Waals surface area contributed by atoms with E-state index >= 15 is 0 Å². The second-order valence-electron chi connectivity index (χ2n) is 25.4. The largest absolute Gasteiger partial charge is 0.457 e. The van der Waals surface area contributed by atoms with Gasteiger partial charge in [-0.1, -0.05) is 73.8 Å². The zero-order valence-corrected chi connectivity index (χ0v) is 57.3. The van der Waals surface area contributed by atoms with Crippen molar-refractivity contribution in [3.63, 3.8) is 0 Å². The normalized spacial score (nSPS) is 16.0. The van der Waals surface area contributed by atoms with Crippen LogP contribution in [-0.4, -0.2) is 156 Å². The number of fused-ring (bicyclic) bond motifs is 3. The minimum absolute atomic E-state index is 0.00566. The molecule has 0 bridgehead atoms. The Bertz CT molecular complexity index is 4790. The minimum Gasteiger partial charge on any atom is -0.457 e. The molecule has 6 aromatic carbocycles. The van der Waals surface area contributed by atoms with Crippen molar-refractivity contribution in [1.82, 2.24) is 78.8 Å². The van der Waals surface area contributed by atoms with E-state index in [4.69, 9.17) is 46.7 Å². The number of likely N-dealkylation sites (N-methyl/N-ethyl adjacent to an activating group) is 1. The average Bonchev–Trinajstić information content (AvgIpc) is 1.63. The van der Waals surface area contributed by atoms with Crippen LogP contribution in [0.25, 0.3) is 66.9 Å². The molecule has 12 aromatic rings. The van der Waals surface area contributed by atoms with Gasteiger partial charge in [0, 0.05) is 68.6 Å². The number of aromatic nitrogens is 12. The number of anilines is 3. The van der Waals surface area contributed by atoms with Crippen LogP contribution >= 0.6 is 0 Å². The van der Waals surface area contributed by atoms with Gasteiger partial charge in [-0.3, -0.25) is 14.4 Å². The van der Waals surface area contributed by atoms with E-state index < -0.39 is 0 Å². The highest BCUT2D eigenvalue weighted by Gasteiger charge is 2.32. The van der Waals surface area contributed by atoms with Crippen LogP contribution in [0, 0.1) is 0 Å². The highest BCUT2D eigenvalue weighted by Crippen LogP contribution is 2.39. The van der Waals surface area contributed by atoms with E-state index in [0.717, 1.165) is 103 Å². The number of carbonyl (C=O) groups is 3. The van der Waals surface area contributed by atoms with Crippen LogP contribution < -0.4 is 31.4 Å². The van der Waals surface area contributed by atoms with Crippen molar-refractivity contribution < 1.29 is 28.6 Å². The Kier molecular flexibility index (Phi) is 21.2. The highest BCUT2D eigenvalue weighted by molar-refractivity contribution is 6.00. The first-order chi connectivity index (χ1) is 50.3. The van der Waals surface area contributed by atoms with Gasteiger partial charge in [0.15, 0.2) is 16.9 Å². The van der Waals surface area contributed by atoms with Gasteiger partial charge in [0.25, 0.3) is 0 Å². The molecule has 9 heterocycles. The first-order valence-corrected chi connectivity index (χ1v) is 34.2. The molecule has 25 heteroatoms. The summed E-state index contributed by atoms with van der Waals surface area (Å²) in [5.41, 5.74) is 25.6. The number of para-hydroxylation sites is 3. The van der Waals surface area contributed by atoms with Crippen molar-refractivity contribution >= 4 is 68.3 Å². The number of benzene rings is 6. The number of ether oxygens (including phenoxy) is 3. The lowest BCUT2D eigenvalue weighted by atomic mass is 10.1. The smallest absolute Gasteiger partial charge is 0.246 e. The lowest BCUT2D eigenvalue weighted by Crippen LogP contribution is -2.40. The topological polar surface area (TPSA) is 301 Å². The third-order valence-electron chi connectivity index (χ3n) is 18.1. The van der Waals surface area contributed by atoms with E-state index in [0.29, 0.717) is 100 Å². The molecular weight excluding hydrogens is 1300 g/mol. The number of piperidine rings is 3. The van der Waals surface area contributed by atoms with E-state index in [-0.39, 0.29) is 35.8 Å². The lowest BCUT2D eigenvalue weighted by molar-refractivity contribution is -0.128. The maximum atomic E-state index is 12.8. The van der Waals surface area contributed by atoms with Crippen molar-refractivity contribution in [3.8, 4) is 68.3 Å². The summed E-state index contributed by atoms with van der Waals surface area (Å²) in [4.78, 5) is 70.8. The summed E-state index contributed by atoms with van der Waals surface area (Å²) >= 11 is 0. The molecule has 3 saturated heterocycles. The minimum atomic E-state index is -0.0699. The summed E-state index contributed by atoms with van der Waals surface area (Å²) < 4.78 is 23.4. The molecule has 6 aromatic heterocycles. The predicted molar refractivity (Wildman–Crippen MR) is 398 cm³/mol. The molecule has 3 fully saturated rings. The van der Waals surface area contributed by atoms with Crippen LogP contribution in [0.3, 0.4) is 0 Å². The molecule has 522 valence electrons. The number of nitrogens with two attached hydrogens (primary N) is 3. The standard InChI is InChI=1S/C28H31N7O2.2C25H24N6O2/c1-33(2)16-7-11-24(36)34-17-6-8-21(18-34)35-28-25(27(29)30-19-31-28)26(32-35)20-12-14-23(15-13-20)37-22-9-4-3-5-10-22;2*1-2-21(32)30-14-6-7-18(15-30)31-25-22(24(26)27-16-28-25)23(29-31)17-10-12-20(13-11-17)33-19-8-4-3-5-9-19/h3-5,7,9-15,19,21H,6,8,16-18H2,1-2H3,(H2,29,30,31);2*2-5,8-13,16,18H,1,6-7,14-15H2,(H2,26,27,28)/b11-7+;;. The summed E-state index contributed by atoms with van der Waals surface area (Å²) in [5.74, 6) is 5.51. The Hall–Kier alpha value is -12.6. The Labute approximate surface area is 595 Å². The van der Waals surface area contributed by atoms with E-state index in [2.05, 4.69) is 43.1 Å². The van der Waals surface area contributed by atoms with Crippen molar-refractivity contribution in [3.05, 3.63) is 220 Å². The molecule has 0 saturated carbocycles. The first-order valence-electron chi connectivity index (χ1n) is 34.2. The first kappa shape index (κ1) is 68.9. The maximum Gasteiger partial charge on any atom is 0.246 e.